The summed E-state index contributed by atoms with van der Waals surface area (Å²) in [5, 5.41) is 14.2. The highest BCUT2D eigenvalue weighted by Crippen LogP contribution is 2.28. The summed E-state index contributed by atoms with van der Waals surface area (Å²) in [5.74, 6) is 2.66. The lowest BCUT2D eigenvalue weighted by Gasteiger charge is -2.31. The summed E-state index contributed by atoms with van der Waals surface area (Å²) in [7, 11) is 0. The summed E-state index contributed by atoms with van der Waals surface area (Å²) in [6.07, 6.45) is 7.35. The number of nitrogens with zero attached hydrogens (tertiary/aromatic N) is 2. The van der Waals surface area contributed by atoms with Gasteiger partial charge in [-0.25, -0.2) is 0 Å². The molecule has 0 amide bonds. The van der Waals surface area contributed by atoms with Gasteiger partial charge >= 0.3 is 0 Å². The maximum absolute atomic E-state index is 10.8. The zero-order chi connectivity index (χ0) is 14.5. The van der Waals surface area contributed by atoms with Gasteiger partial charge < -0.3 is 5.32 Å². The monoisotopic (exact) mass is 337 g/mol. The molecular weight excluding hydrogens is 322 g/mol. The second-order valence-corrected chi connectivity index (χ2v) is 5.68. The predicted molar refractivity (Wildman–Crippen MR) is 82.7 cm³/mol. The SMILES string of the molecule is C#CCN1CCC(Nc2ccc([N+](=O)[O-])c(Br)c2)CC1. The number of anilines is 1. The summed E-state index contributed by atoms with van der Waals surface area (Å²) < 4.78 is 0.497. The number of piperidine rings is 1. The van der Waals surface area contributed by atoms with E-state index in [1.165, 1.54) is 6.07 Å². The Balaban J connectivity index is 1.93. The van der Waals surface area contributed by atoms with E-state index >= 15 is 0 Å². The molecule has 2 rings (SSSR count). The first kappa shape index (κ1) is 14.8. The van der Waals surface area contributed by atoms with Gasteiger partial charge in [0.15, 0.2) is 0 Å². The van der Waals surface area contributed by atoms with Crippen LogP contribution in [0.1, 0.15) is 12.8 Å². The van der Waals surface area contributed by atoms with Crippen molar-refractivity contribution in [2.75, 3.05) is 25.0 Å². The number of terminal acetylenes is 1. The standard InChI is InChI=1S/C14H16BrN3O2/c1-2-7-17-8-5-11(6-9-17)16-12-3-4-14(18(19)20)13(15)10-12/h1,3-4,10-11,16H,5-9H2. The number of hydrogen-bond donors (Lipinski definition) is 1. The van der Waals surface area contributed by atoms with Crippen molar-refractivity contribution in [2.45, 2.75) is 18.9 Å². The lowest BCUT2D eigenvalue weighted by molar-refractivity contribution is -0.385. The summed E-state index contributed by atoms with van der Waals surface area (Å²) in [4.78, 5) is 12.6. The van der Waals surface area contributed by atoms with Crippen molar-refractivity contribution in [1.29, 1.82) is 0 Å². The van der Waals surface area contributed by atoms with Gasteiger partial charge in [0, 0.05) is 30.9 Å². The number of benzene rings is 1. The van der Waals surface area contributed by atoms with Crippen LogP contribution in [0.4, 0.5) is 11.4 Å². The molecule has 106 valence electrons. The largest absolute Gasteiger partial charge is 0.382 e. The fourth-order valence-corrected chi connectivity index (χ4v) is 2.87. The number of halogens is 1. The fourth-order valence-electron chi connectivity index (χ4n) is 2.34. The zero-order valence-corrected chi connectivity index (χ0v) is 12.6. The van der Waals surface area contributed by atoms with Gasteiger partial charge in [-0.1, -0.05) is 5.92 Å². The first-order valence-electron chi connectivity index (χ1n) is 6.46. The minimum atomic E-state index is -0.397. The minimum absolute atomic E-state index is 0.0828. The number of rotatable bonds is 4. The van der Waals surface area contributed by atoms with E-state index in [9.17, 15) is 10.1 Å². The number of hydrogen-bond acceptors (Lipinski definition) is 4. The molecule has 6 heteroatoms. The van der Waals surface area contributed by atoms with E-state index in [-0.39, 0.29) is 5.69 Å². The molecule has 1 saturated heterocycles. The molecule has 0 radical (unpaired) electrons. The van der Waals surface area contributed by atoms with Crippen molar-refractivity contribution in [3.05, 3.63) is 32.8 Å². The van der Waals surface area contributed by atoms with Gasteiger partial charge in [0.25, 0.3) is 5.69 Å². The molecule has 5 nitrogen and oxygen atoms in total. The van der Waals surface area contributed by atoms with Crippen molar-refractivity contribution >= 4 is 27.3 Å². The first-order valence-corrected chi connectivity index (χ1v) is 7.25. The molecule has 1 fully saturated rings. The van der Waals surface area contributed by atoms with Crippen molar-refractivity contribution < 1.29 is 4.92 Å². The van der Waals surface area contributed by atoms with E-state index in [4.69, 9.17) is 6.42 Å². The van der Waals surface area contributed by atoms with Crippen LogP contribution in [0.2, 0.25) is 0 Å². The smallest absolute Gasteiger partial charge is 0.283 e. The minimum Gasteiger partial charge on any atom is -0.382 e. The third kappa shape index (κ3) is 3.71. The Morgan fingerprint density at radius 3 is 2.75 bits per heavy atom. The molecule has 20 heavy (non-hydrogen) atoms. The normalized spacial score (nSPS) is 16.6. The highest BCUT2D eigenvalue weighted by atomic mass is 79.9. The van der Waals surface area contributed by atoms with Crippen molar-refractivity contribution in [3.63, 3.8) is 0 Å². The number of likely N-dealkylation sites (tertiary alicyclic amines) is 1. The van der Waals surface area contributed by atoms with Gasteiger partial charge in [0.1, 0.15) is 0 Å². The molecule has 1 aromatic rings. The van der Waals surface area contributed by atoms with Crippen LogP contribution in [0.3, 0.4) is 0 Å². The van der Waals surface area contributed by atoms with Crippen LogP contribution in [0, 0.1) is 22.5 Å². The predicted octanol–water partition coefficient (Wildman–Crippen LogP) is 2.87. The van der Waals surface area contributed by atoms with Crippen LogP contribution >= 0.6 is 15.9 Å². The maximum atomic E-state index is 10.8. The summed E-state index contributed by atoms with van der Waals surface area (Å²) >= 11 is 3.23. The summed E-state index contributed by atoms with van der Waals surface area (Å²) in [6, 6.07) is 5.40. The van der Waals surface area contributed by atoms with Crippen LogP contribution in [0.5, 0.6) is 0 Å². The Labute approximate surface area is 126 Å². The van der Waals surface area contributed by atoms with E-state index < -0.39 is 4.92 Å². The number of nitrogens with one attached hydrogen (secondary N) is 1. The Hall–Kier alpha value is -1.58. The third-order valence-electron chi connectivity index (χ3n) is 3.42. The van der Waals surface area contributed by atoms with Gasteiger partial charge in [0.05, 0.1) is 15.9 Å². The van der Waals surface area contributed by atoms with Gasteiger partial charge in [0.2, 0.25) is 0 Å². The van der Waals surface area contributed by atoms with Gasteiger partial charge in [-0.2, -0.15) is 0 Å². The van der Waals surface area contributed by atoms with E-state index in [0.717, 1.165) is 31.6 Å². The molecule has 1 aliphatic rings. The molecule has 0 aliphatic carbocycles. The molecule has 1 aliphatic heterocycles. The average Bonchev–Trinajstić information content (AvgIpc) is 2.41. The summed E-state index contributed by atoms with van der Waals surface area (Å²) in [5.41, 5.74) is 0.984. The lowest BCUT2D eigenvalue weighted by Crippen LogP contribution is -2.39. The molecule has 0 bridgehead atoms. The Kier molecular flexibility index (Phi) is 4.99. The van der Waals surface area contributed by atoms with Gasteiger partial charge in [-0.05, 0) is 40.9 Å². The molecule has 1 N–H and O–H groups in total. The Bertz CT molecular complexity index is 534. The summed E-state index contributed by atoms with van der Waals surface area (Å²) in [6.45, 7) is 2.67. The Morgan fingerprint density at radius 1 is 1.50 bits per heavy atom. The second kappa shape index (κ2) is 6.73. The van der Waals surface area contributed by atoms with Crippen LogP contribution in [0.25, 0.3) is 0 Å². The van der Waals surface area contributed by atoms with Crippen molar-refractivity contribution in [1.82, 2.24) is 4.90 Å². The lowest BCUT2D eigenvalue weighted by atomic mass is 10.0. The average molecular weight is 338 g/mol. The third-order valence-corrected chi connectivity index (χ3v) is 4.05. The van der Waals surface area contributed by atoms with Crippen molar-refractivity contribution in [2.24, 2.45) is 0 Å². The number of nitro benzene ring substituents is 1. The highest BCUT2D eigenvalue weighted by molar-refractivity contribution is 9.10. The van der Waals surface area contributed by atoms with Crippen LogP contribution in [0.15, 0.2) is 22.7 Å². The quantitative estimate of drug-likeness (QED) is 0.521. The highest BCUT2D eigenvalue weighted by Gasteiger charge is 2.19. The van der Waals surface area contributed by atoms with E-state index in [2.05, 4.69) is 32.1 Å². The van der Waals surface area contributed by atoms with Crippen LogP contribution in [-0.2, 0) is 0 Å². The van der Waals surface area contributed by atoms with Gasteiger partial charge in [-0.3, -0.25) is 15.0 Å². The molecule has 0 atom stereocenters. The first-order chi connectivity index (χ1) is 9.60. The van der Waals surface area contributed by atoms with Crippen LogP contribution < -0.4 is 5.32 Å². The van der Waals surface area contributed by atoms with Gasteiger partial charge in [-0.15, -0.1) is 6.42 Å². The Morgan fingerprint density at radius 2 is 2.20 bits per heavy atom. The van der Waals surface area contributed by atoms with Crippen molar-refractivity contribution in [3.8, 4) is 12.3 Å². The van der Waals surface area contributed by atoms with E-state index in [1.807, 2.05) is 0 Å². The fraction of sp³-hybridized carbons (Fsp3) is 0.429. The number of nitro groups is 1. The molecule has 1 aromatic carbocycles. The molecule has 0 saturated carbocycles. The maximum Gasteiger partial charge on any atom is 0.283 e. The molecule has 0 unspecified atom stereocenters. The topological polar surface area (TPSA) is 58.4 Å². The van der Waals surface area contributed by atoms with E-state index in [1.54, 1.807) is 12.1 Å². The molecule has 0 spiro atoms. The zero-order valence-electron chi connectivity index (χ0n) is 11.0. The second-order valence-electron chi connectivity index (χ2n) is 4.82. The molecule has 1 heterocycles. The van der Waals surface area contributed by atoms with Crippen LogP contribution in [-0.4, -0.2) is 35.5 Å². The molecule has 0 aromatic heterocycles. The molecular formula is C14H16BrN3O2. The van der Waals surface area contributed by atoms with E-state index in [0.29, 0.717) is 17.1 Å².